The number of carbonyl (C=O) groups excluding carboxylic acids is 1. The number of carbonyl (C=O) groups is 1. The van der Waals surface area contributed by atoms with Gasteiger partial charge in [0, 0.05) is 25.4 Å². The van der Waals surface area contributed by atoms with E-state index in [-0.39, 0.29) is 17.8 Å². The van der Waals surface area contributed by atoms with Crippen molar-refractivity contribution < 1.29 is 17.9 Å². The Morgan fingerprint density at radius 2 is 2.22 bits per heavy atom. The molecule has 1 saturated heterocycles. The smallest absolute Gasteiger partial charge is 0.322 e. The van der Waals surface area contributed by atoms with Crippen LogP contribution in [-0.4, -0.2) is 44.8 Å². The summed E-state index contributed by atoms with van der Waals surface area (Å²) >= 11 is 0. The van der Waals surface area contributed by atoms with E-state index >= 15 is 0 Å². The van der Waals surface area contributed by atoms with Crippen LogP contribution in [0.1, 0.15) is 24.8 Å². The quantitative estimate of drug-likeness (QED) is 0.847. The van der Waals surface area contributed by atoms with Crippen LogP contribution >= 0.6 is 0 Å². The van der Waals surface area contributed by atoms with Crippen molar-refractivity contribution >= 4 is 21.7 Å². The van der Waals surface area contributed by atoms with E-state index in [1.807, 2.05) is 18.2 Å². The first kappa shape index (κ1) is 17.7. The number of primary sulfonamides is 1. The number of rotatable bonds is 5. The highest BCUT2D eigenvalue weighted by Gasteiger charge is 2.29. The fraction of sp³-hybridized carbons (Fsp3) is 0.533. The molecule has 1 aromatic rings. The van der Waals surface area contributed by atoms with Crippen LogP contribution in [0.3, 0.4) is 0 Å². The summed E-state index contributed by atoms with van der Waals surface area (Å²) in [6.45, 7) is 0.991. The van der Waals surface area contributed by atoms with Gasteiger partial charge in [-0.15, -0.1) is 0 Å². The maximum Gasteiger partial charge on any atom is 0.322 e. The Bertz CT molecular complexity index is 648. The minimum absolute atomic E-state index is 0.204. The van der Waals surface area contributed by atoms with Crippen molar-refractivity contribution in [2.24, 2.45) is 5.14 Å². The Hall–Kier alpha value is -1.64. The molecule has 1 heterocycles. The Morgan fingerprint density at radius 3 is 2.91 bits per heavy atom. The highest BCUT2D eigenvalue weighted by molar-refractivity contribution is 7.89. The molecule has 0 bridgehead atoms. The molecule has 1 aliphatic rings. The van der Waals surface area contributed by atoms with Crippen LogP contribution < -0.4 is 10.5 Å². The second-order valence-electron chi connectivity index (χ2n) is 5.74. The molecule has 0 aliphatic carbocycles. The molecule has 0 radical (unpaired) electrons. The van der Waals surface area contributed by atoms with Crippen molar-refractivity contribution in [2.45, 2.75) is 31.9 Å². The van der Waals surface area contributed by atoms with Crippen LogP contribution in [0.4, 0.5) is 10.5 Å². The maximum absolute atomic E-state index is 12.5. The van der Waals surface area contributed by atoms with Gasteiger partial charge in [-0.2, -0.15) is 0 Å². The number of hydrogen-bond acceptors (Lipinski definition) is 4. The number of methoxy groups -OCH3 is 1. The zero-order valence-corrected chi connectivity index (χ0v) is 14.0. The highest BCUT2D eigenvalue weighted by atomic mass is 32.2. The number of nitrogens with zero attached hydrogens (tertiary/aromatic N) is 1. The SMILES string of the molecule is COCc1cccc(NC(=O)N2CCCC[C@@H]2CS(N)(=O)=O)c1. The summed E-state index contributed by atoms with van der Waals surface area (Å²) in [4.78, 5) is 14.0. The molecule has 3 N–H and O–H groups in total. The van der Waals surface area contributed by atoms with Crippen LogP contribution in [0.15, 0.2) is 24.3 Å². The third-order valence-corrected chi connectivity index (χ3v) is 4.65. The van der Waals surface area contributed by atoms with Gasteiger partial charge in [-0.25, -0.2) is 18.4 Å². The summed E-state index contributed by atoms with van der Waals surface area (Å²) in [5.41, 5.74) is 1.61. The minimum Gasteiger partial charge on any atom is -0.380 e. The van der Waals surface area contributed by atoms with E-state index in [0.29, 0.717) is 25.3 Å². The number of anilines is 1. The van der Waals surface area contributed by atoms with Gasteiger partial charge in [0.05, 0.1) is 12.4 Å². The van der Waals surface area contributed by atoms with Crippen molar-refractivity contribution in [3.05, 3.63) is 29.8 Å². The van der Waals surface area contributed by atoms with E-state index in [4.69, 9.17) is 9.88 Å². The molecule has 1 fully saturated rings. The molecule has 8 heteroatoms. The molecule has 7 nitrogen and oxygen atoms in total. The average Bonchev–Trinajstić information content (AvgIpc) is 2.47. The molecule has 0 spiro atoms. The number of urea groups is 1. The Morgan fingerprint density at radius 1 is 1.43 bits per heavy atom. The fourth-order valence-electron chi connectivity index (χ4n) is 2.81. The summed E-state index contributed by atoms with van der Waals surface area (Å²) < 4.78 is 27.8. The lowest BCUT2D eigenvalue weighted by Crippen LogP contribution is -2.49. The summed E-state index contributed by atoms with van der Waals surface area (Å²) in [6, 6.07) is 6.69. The first-order chi connectivity index (χ1) is 10.9. The third-order valence-electron chi connectivity index (χ3n) is 3.80. The minimum atomic E-state index is -3.62. The van der Waals surface area contributed by atoms with Gasteiger partial charge in [0.2, 0.25) is 10.0 Å². The number of benzene rings is 1. The van der Waals surface area contributed by atoms with Crippen LogP contribution in [0.25, 0.3) is 0 Å². The predicted molar refractivity (Wildman–Crippen MR) is 88.5 cm³/mol. The summed E-state index contributed by atoms with van der Waals surface area (Å²) in [5.74, 6) is -0.204. The van der Waals surface area contributed by atoms with Gasteiger partial charge in [0.25, 0.3) is 0 Å². The number of nitrogens with one attached hydrogen (secondary N) is 1. The lowest BCUT2D eigenvalue weighted by Gasteiger charge is -2.35. The third kappa shape index (κ3) is 5.49. The van der Waals surface area contributed by atoms with E-state index in [1.165, 1.54) is 0 Å². The van der Waals surface area contributed by atoms with E-state index in [0.717, 1.165) is 18.4 Å². The molecule has 0 unspecified atom stereocenters. The molecule has 0 saturated carbocycles. The zero-order chi connectivity index (χ0) is 16.9. The summed E-state index contributed by atoms with van der Waals surface area (Å²) in [7, 11) is -2.01. The largest absolute Gasteiger partial charge is 0.380 e. The molecule has 23 heavy (non-hydrogen) atoms. The monoisotopic (exact) mass is 341 g/mol. The van der Waals surface area contributed by atoms with Crippen molar-refractivity contribution in [2.75, 3.05) is 24.7 Å². The molecular formula is C15H23N3O4S. The van der Waals surface area contributed by atoms with Gasteiger partial charge in [0.15, 0.2) is 0 Å². The first-order valence-corrected chi connectivity index (χ1v) is 9.26. The zero-order valence-electron chi connectivity index (χ0n) is 13.2. The van der Waals surface area contributed by atoms with Crippen molar-refractivity contribution in [3.63, 3.8) is 0 Å². The standard InChI is InChI=1S/C15H23N3O4S/c1-22-10-12-5-4-6-13(9-12)17-15(19)18-8-3-2-7-14(18)11-23(16,20)21/h4-6,9,14H,2-3,7-8,10-11H2,1H3,(H,17,19)(H2,16,20,21)/t14-/m1/s1. The fourth-order valence-corrected chi connectivity index (χ4v) is 3.69. The second-order valence-corrected chi connectivity index (χ2v) is 7.40. The number of hydrogen-bond donors (Lipinski definition) is 2. The Balaban J connectivity index is 2.06. The topological polar surface area (TPSA) is 102 Å². The van der Waals surface area contributed by atoms with Crippen LogP contribution in [0.5, 0.6) is 0 Å². The number of sulfonamides is 1. The van der Waals surface area contributed by atoms with Crippen molar-refractivity contribution in [1.82, 2.24) is 4.90 Å². The van der Waals surface area contributed by atoms with Gasteiger partial charge >= 0.3 is 6.03 Å². The summed E-state index contributed by atoms with van der Waals surface area (Å²) in [6.07, 6.45) is 2.40. The molecule has 0 aromatic heterocycles. The van der Waals surface area contributed by atoms with E-state index in [2.05, 4.69) is 5.32 Å². The molecule has 2 rings (SSSR count). The summed E-state index contributed by atoms with van der Waals surface area (Å²) in [5, 5.41) is 7.96. The molecular weight excluding hydrogens is 318 g/mol. The van der Waals surface area contributed by atoms with Crippen LogP contribution in [-0.2, 0) is 21.4 Å². The number of likely N-dealkylation sites (tertiary alicyclic amines) is 1. The van der Waals surface area contributed by atoms with Gasteiger partial charge in [0.1, 0.15) is 0 Å². The van der Waals surface area contributed by atoms with Crippen molar-refractivity contribution in [1.29, 1.82) is 0 Å². The Kier molecular flexibility index (Phi) is 5.97. The van der Waals surface area contributed by atoms with Crippen molar-refractivity contribution in [3.8, 4) is 0 Å². The van der Waals surface area contributed by atoms with E-state index < -0.39 is 10.0 Å². The lowest BCUT2D eigenvalue weighted by molar-refractivity contribution is 0.171. The van der Waals surface area contributed by atoms with Crippen LogP contribution in [0.2, 0.25) is 0 Å². The second kappa shape index (κ2) is 7.76. The average molecular weight is 341 g/mol. The number of ether oxygens (including phenoxy) is 1. The molecule has 1 atom stereocenters. The van der Waals surface area contributed by atoms with Gasteiger partial charge < -0.3 is 15.0 Å². The highest BCUT2D eigenvalue weighted by Crippen LogP contribution is 2.20. The Labute approximate surface area is 136 Å². The van der Waals surface area contributed by atoms with Crippen LogP contribution in [0, 0.1) is 0 Å². The molecule has 2 amide bonds. The molecule has 128 valence electrons. The van der Waals surface area contributed by atoms with Gasteiger partial charge in [-0.3, -0.25) is 0 Å². The van der Waals surface area contributed by atoms with E-state index in [9.17, 15) is 13.2 Å². The normalized spacial score (nSPS) is 18.7. The number of piperidine rings is 1. The first-order valence-electron chi connectivity index (χ1n) is 7.55. The molecule has 1 aliphatic heterocycles. The van der Waals surface area contributed by atoms with E-state index in [1.54, 1.807) is 18.1 Å². The molecule has 1 aromatic carbocycles. The van der Waals surface area contributed by atoms with Gasteiger partial charge in [-0.05, 0) is 37.0 Å². The van der Waals surface area contributed by atoms with Gasteiger partial charge in [-0.1, -0.05) is 12.1 Å². The maximum atomic E-state index is 12.5. The lowest BCUT2D eigenvalue weighted by atomic mass is 10.0. The predicted octanol–water partition coefficient (Wildman–Crippen LogP) is 1.51. The number of amides is 2. The number of nitrogens with two attached hydrogens (primary N) is 1.